The number of thiazole rings is 1. The minimum Gasteiger partial charge on any atom is -0.406 e. The molecule has 0 N–H and O–H groups in total. The summed E-state index contributed by atoms with van der Waals surface area (Å²) < 4.78 is 40.6. The van der Waals surface area contributed by atoms with Crippen molar-refractivity contribution >= 4 is 17.2 Å². The molecule has 1 fully saturated rings. The smallest absolute Gasteiger partial charge is 0.406 e. The number of benzene rings is 1. The zero-order valence-electron chi connectivity index (χ0n) is 13.5. The maximum Gasteiger partial charge on any atom is 0.573 e. The number of carbonyl (C=O) groups excluding carboxylic acids is 1. The van der Waals surface area contributed by atoms with Crippen LogP contribution in [-0.4, -0.2) is 34.2 Å². The number of hydrogen-bond acceptors (Lipinski definition) is 4. The van der Waals surface area contributed by atoms with Gasteiger partial charge in [0, 0.05) is 17.5 Å². The van der Waals surface area contributed by atoms with Crippen LogP contribution in [0.3, 0.4) is 0 Å². The van der Waals surface area contributed by atoms with Crippen LogP contribution in [0, 0.1) is 0 Å². The quantitative estimate of drug-likeness (QED) is 0.807. The lowest BCUT2D eigenvalue weighted by Crippen LogP contribution is -2.46. The van der Waals surface area contributed by atoms with Gasteiger partial charge in [0.1, 0.15) is 11.4 Å². The van der Waals surface area contributed by atoms with Gasteiger partial charge < -0.3 is 9.64 Å². The maximum atomic E-state index is 12.6. The fourth-order valence-electron chi connectivity index (χ4n) is 3.26. The van der Waals surface area contributed by atoms with Gasteiger partial charge in [0.05, 0.1) is 5.51 Å². The van der Waals surface area contributed by atoms with Gasteiger partial charge >= 0.3 is 6.36 Å². The van der Waals surface area contributed by atoms with Gasteiger partial charge in [-0.3, -0.25) is 4.79 Å². The molecule has 1 aliphatic heterocycles. The molecule has 2 aromatic rings. The van der Waals surface area contributed by atoms with E-state index in [9.17, 15) is 18.0 Å². The lowest BCUT2D eigenvalue weighted by atomic mass is 9.90. The van der Waals surface area contributed by atoms with E-state index in [1.54, 1.807) is 23.0 Å². The van der Waals surface area contributed by atoms with Gasteiger partial charge in [-0.25, -0.2) is 4.98 Å². The second-order valence-electron chi connectivity index (χ2n) is 6.30. The third-order valence-corrected chi connectivity index (χ3v) is 4.97. The van der Waals surface area contributed by atoms with Crippen LogP contribution in [-0.2, 0) is 6.42 Å². The van der Waals surface area contributed by atoms with E-state index in [0.29, 0.717) is 18.7 Å². The molecule has 2 heterocycles. The summed E-state index contributed by atoms with van der Waals surface area (Å²) in [7, 11) is 0. The predicted octanol–water partition coefficient (Wildman–Crippen LogP) is 4.28. The van der Waals surface area contributed by atoms with Crippen LogP contribution >= 0.6 is 11.3 Å². The van der Waals surface area contributed by atoms with E-state index in [1.165, 1.54) is 23.5 Å². The first-order valence-electron chi connectivity index (χ1n) is 7.82. The van der Waals surface area contributed by atoms with Crippen molar-refractivity contribution in [1.82, 2.24) is 9.88 Å². The molecular weight excluding hydrogens is 353 g/mol. The first-order chi connectivity index (χ1) is 11.8. The minimum absolute atomic E-state index is 0.0988. The zero-order chi connectivity index (χ0) is 18.1. The summed E-state index contributed by atoms with van der Waals surface area (Å²) in [5.74, 6) is -0.346. The number of carbonyl (C=O) groups is 1. The molecule has 1 saturated heterocycles. The Morgan fingerprint density at radius 2 is 2.08 bits per heavy atom. The summed E-state index contributed by atoms with van der Waals surface area (Å²) in [4.78, 5) is 18.6. The van der Waals surface area contributed by atoms with E-state index in [1.807, 2.05) is 11.8 Å². The van der Waals surface area contributed by atoms with Gasteiger partial charge in [0.15, 0.2) is 0 Å². The van der Waals surface area contributed by atoms with E-state index in [2.05, 4.69) is 9.72 Å². The number of likely N-dealkylation sites (tertiary alicyclic amines) is 1. The summed E-state index contributed by atoms with van der Waals surface area (Å²) in [6.07, 6.45) is -2.41. The zero-order valence-corrected chi connectivity index (χ0v) is 14.4. The van der Waals surface area contributed by atoms with Crippen molar-refractivity contribution in [2.24, 2.45) is 0 Å². The van der Waals surface area contributed by atoms with Gasteiger partial charge in [-0.1, -0.05) is 12.1 Å². The van der Waals surface area contributed by atoms with Crippen LogP contribution in [0.4, 0.5) is 13.2 Å². The molecule has 25 heavy (non-hydrogen) atoms. The third kappa shape index (κ3) is 4.12. The number of ether oxygens (including phenoxy) is 1. The van der Waals surface area contributed by atoms with Gasteiger partial charge in [-0.05, 0) is 43.9 Å². The van der Waals surface area contributed by atoms with E-state index in [-0.39, 0.29) is 17.2 Å². The maximum absolute atomic E-state index is 12.6. The van der Waals surface area contributed by atoms with Crippen LogP contribution < -0.4 is 4.74 Å². The number of amides is 1. The van der Waals surface area contributed by atoms with E-state index < -0.39 is 6.36 Å². The lowest BCUT2D eigenvalue weighted by Gasteiger charge is -2.35. The lowest BCUT2D eigenvalue weighted by molar-refractivity contribution is -0.274. The number of rotatable bonds is 4. The predicted molar refractivity (Wildman–Crippen MR) is 87.6 cm³/mol. The Kier molecular flexibility index (Phi) is 4.73. The van der Waals surface area contributed by atoms with Crippen LogP contribution in [0.15, 0.2) is 35.2 Å². The molecule has 1 atom stereocenters. The molecule has 0 aliphatic carbocycles. The van der Waals surface area contributed by atoms with Crippen molar-refractivity contribution in [2.45, 2.75) is 38.1 Å². The largest absolute Gasteiger partial charge is 0.573 e. The monoisotopic (exact) mass is 370 g/mol. The molecule has 4 nitrogen and oxygen atoms in total. The van der Waals surface area contributed by atoms with Gasteiger partial charge in [-0.15, -0.1) is 24.5 Å². The molecule has 1 aromatic heterocycles. The summed E-state index contributed by atoms with van der Waals surface area (Å²) in [5.41, 5.74) is 2.54. The Morgan fingerprint density at radius 1 is 1.36 bits per heavy atom. The van der Waals surface area contributed by atoms with Crippen molar-refractivity contribution in [3.8, 4) is 5.75 Å². The highest BCUT2D eigenvalue weighted by molar-refractivity contribution is 7.07. The summed E-state index contributed by atoms with van der Waals surface area (Å²) in [6, 6.07) is 5.81. The number of aromatic nitrogens is 1. The fraction of sp³-hybridized carbons (Fsp3) is 0.412. The molecule has 1 aromatic carbocycles. The molecule has 0 saturated carbocycles. The summed E-state index contributed by atoms with van der Waals surface area (Å²) in [5, 5.41) is 1.73. The highest BCUT2D eigenvalue weighted by Crippen LogP contribution is 2.34. The average Bonchev–Trinajstić information content (AvgIpc) is 3.17. The molecular formula is C17H17F3N2O2S. The van der Waals surface area contributed by atoms with Crippen LogP contribution in [0.25, 0.3) is 0 Å². The topological polar surface area (TPSA) is 42.4 Å². The number of alkyl halides is 3. The second kappa shape index (κ2) is 6.67. The second-order valence-corrected chi connectivity index (χ2v) is 7.02. The summed E-state index contributed by atoms with van der Waals surface area (Å²) in [6.45, 7) is 2.66. The molecule has 0 radical (unpaired) electrons. The van der Waals surface area contributed by atoms with Crippen molar-refractivity contribution in [3.05, 3.63) is 46.4 Å². The Morgan fingerprint density at radius 3 is 2.68 bits per heavy atom. The Bertz CT molecular complexity index is 731. The van der Waals surface area contributed by atoms with Crippen LogP contribution in [0.2, 0.25) is 0 Å². The molecule has 0 spiro atoms. The highest BCUT2D eigenvalue weighted by atomic mass is 32.1. The van der Waals surface area contributed by atoms with Gasteiger partial charge in [0.25, 0.3) is 5.91 Å². The molecule has 8 heteroatoms. The number of nitrogens with zero attached hydrogens (tertiary/aromatic N) is 2. The third-order valence-electron chi connectivity index (χ3n) is 4.39. The first-order valence-corrected chi connectivity index (χ1v) is 8.76. The highest BCUT2D eigenvalue weighted by Gasteiger charge is 2.40. The van der Waals surface area contributed by atoms with Crippen molar-refractivity contribution in [3.63, 3.8) is 0 Å². The molecule has 1 unspecified atom stereocenters. The minimum atomic E-state index is -4.70. The standard InChI is InChI=1S/C17H17F3N2O2S/c1-16(7-2-8-22(16)15(23)14-10-25-11-21-14)9-12-3-5-13(6-4-12)24-17(18,19)20/h3-6,10-11H,2,7-9H2,1H3. The number of hydrogen-bond donors (Lipinski definition) is 0. The molecule has 3 rings (SSSR count). The van der Waals surface area contributed by atoms with Crippen LogP contribution in [0.1, 0.15) is 35.8 Å². The van der Waals surface area contributed by atoms with E-state index in [4.69, 9.17) is 0 Å². The van der Waals surface area contributed by atoms with Gasteiger partial charge in [-0.2, -0.15) is 0 Å². The average molecular weight is 370 g/mol. The molecule has 0 bridgehead atoms. The summed E-state index contributed by atoms with van der Waals surface area (Å²) >= 11 is 1.37. The van der Waals surface area contributed by atoms with Crippen molar-refractivity contribution in [1.29, 1.82) is 0 Å². The van der Waals surface area contributed by atoms with E-state index >= 15 is 0 Å². The first kappa shape index (κ1) is 17.7. The number of halogens is 3. The normalized spacial score (nSPS) is 20.7. The van der Waals surface area contributed by atoms with Crippen LogP contribution in [0.5, 0.6) is 5.75 Å². The Labute approximate surface area is 147 Å². The molecule has 1 aliphatic rings. The molecule has 1 amide bonds. The molecule has 134 valence electrons. The Balaban J connectivity index is 1.73. The fourth-order valence-corrected chi connectivity index (χ4v) is 3.78. The van der Waals surface area contributed by atoms with Gasteiger partial charge in [0.2, 0.25) is 0 Å². The Hall–Kier alpha value is -2.09. The van der Waals surface area contributed by atoms with Crippen molar-refractivity contribution < 1.29 is 22.7 Å². The van der Waals surface area contributed by atoms with E-state index in [0.717, 1.165) is 18.4 Å². The van der Waals surface area contributed by atoms with Crippen molar-refractivity contribution in [2.75, 3.05) is 6.54 Å². The SMILES string of the molecule is CC1(Cc2ccc(OC(F)(F)F)cc2)CCCN1C(=O)c1cscn1.